The van der Waals surface area contributed by atoms with E-state index in [2.05, 4.69) is 20.4 Å². The van der Waals surface area contributed by atoms with Gasteiger partial charge in [-0.1, -0.05) is 32.3 Å². The second-order valence-corrected chi connectivity index (χ2v) is 3.31. The van der Waals surface area contributed by atoms with Gasteiger partial charge in [-0.15, -0.1) is 6.58 Å². The molecule has 11 heavy (non-hydrogen) atoms. The summed E-state index contributed by atoms with van der Waals surface area (Å²) in [5, 5.41) is 9.62. The van der Waals surface area contributed by atoms with Crippen LogP contribution >= 0.6 is 0 Å². The monoisotopic (exact) mass is 156 g/mol. The minimum Gasteiger partial charge on any atom is -0.393 e. The average molecular weight is 156 g/mol. The van der Waals surface area contributed by atoms with Gasteiger partial charge >= 0.3 is 0 Å². The lowest BCUT2D eigenvalue weighted by molar-refractivity contribution is 0.103. The molecule has 0 aromatic rings. The van der Waals surface area contributed by atoms with Crippen molar-refractivity contribution in [2.45, 2.75) is 46.1 Å². The van der Waals surface area contributed by atoms with Crippen LogP contribution in [-0.2, 0) is 0 Å². The van der Waals surface area contributed by atoms with Crippen LogP contribution in [0.1, 0.15) is 40.0 Å². The normalized spacial score (nSPS) is 13.5. The molecule has 0 fully saturated rings. The van der Waals surface area contributed by atoms with E-state index >= 15 is 0 Å². The molecule has 0 aromatic carbocycles. The van der Waals surface area contributed by atoms with Crippen LogP contribution in [-0.4, -0.2) is 11.2 Å². The molecule has 0 aliphatic rings. The number of aliphatic hydroxyl groups is 1. The summed E-state index contributed by atoms with van der Waals surface area (Å²) in [6.07, 6.45) is 2.70. The van der Waals surface area contributed by atoms with Gasteiger partial charge in [-0.25, -0.2) is 0 Å². The van der Waals surface area contributed by atoms with Crippen LogP contribution < -0.4 is 0 Å². The minimum atomic E-state index is -0.178. The third-order valence-corrected chi connectivity index (χ3v) is 2.15. The molecule has 0 saturated heterocycles. The van der Waals surface area contributed by atoms with Crippen LogP contribution in [0.2, 0.25) is 0 Å². The van der Waals surface area contributed by atoms with Crippen molar-refractivity contribution in [1.29, 1.82) is 0 Å². The molecule has 0 rings (SSSR count). The standard InChI is InChI=1S/C10H20O/c1-5-9(6-2)10(11)7-8(3)4/h9-11H,3,5-7H2,1-2,4H3. The van der Waals surface area contributed by atoms with E-state index in [-0.39, 0.29) is 6.10 Å². The lowest BCUT2D eigenvalue weighted by Crippen LogP contribution is -2.19. The molecule has 0 saturated carbocycles. The van der Waals surface area contributed by atoms with E-state index < -0.39 is 0 Å². The fraction of sp³-hybridized carbons (Fsp3) is 0.800. The molecular formula is C10H20O. The average Bonchev–Trinajstić information content (AvgIpc) is 1.88. The summed E-state index contributed by atoms with van der Waals surface area (Å²) < 4.78 is 0. The van der Waals surface area contributed by atoms with Gasteiger partial charge in [0.05, 0.1) is 6.10 Å². The Morgan fingerprint density at radius 1 is 1.36 bits per heavy atom. The zero-order chi connectivity index (χ0) is 8.85. The van der Waals surface area contributed by atoms with Crippen molar-refractivity contribution < 1.29 is 5.11 Å². The fourth-order valence-corrected chi connectivity index (χ4v) is 1.36. The van der Waals surface area contributed by atoms with Gasteiger partial charge in [0.15, 0.2) is 0 Å². The lowest BCUT2D eigenvalue weighted by Gasteiger charge is -2.19. The SMILES string of the molecule is C=C(C)CC(O)C(CC)CC. The molecule has 0 aliphatic carbocycles. The summed E-state index contributed by atoms with van der Waals surface area (Å²) >= 11 is 0. The first kappa shape index (κ1) is 10.7. The Balaban J connectivity index is 3.78. The van der Waals surface area contributed by atoms with Crippen LogP contribution in [0.4, 0.5) is 0 Å². The Kier molecular flexibility index (Phi) is 5.22. The maximum atomic E-state index is 9.62. The smallest absolute Gasteiger partial charge is 0.0605 e. The number of hydrogen-bond donors (Lipinski definition) is 1. The third-order valence-electron chi connectivity index (χ3n) is 2.15. The highest BCUT2D eigenvalue weighted by Crippen LogP contribution is 2.17. The molecule has 1 nitrogen and oxygen atoms in total. The summed E-state index contributed by atoms with van der Waals surface area (Å²) in [6, 6.07) is 0. The van der Waals surface area contributed by atoms with E-state index in [4.69, 9.17) is 0 Å². The van der Waals surface area contributed by atoms with Gasteiger partial charge in [-0.3, -0.25) is 0 Å². The van der Waals surface area contributed by atoms with Crippen molar-refractivity contribution >= 4 is 0 Å². The third kappa shape index (κ3) is 4.20. The van der Waals surface area contributed by atoms with E-state index in [1.54, 1.807) is 0 Å². The highest BCUT2D eigenvalue weighted by Gasteiger charge is 2.14. The summed E-state index contributed by atoms with van der Waals surface area (Å²) in [6.45, 7) is 9.99. The first-order valence-corrected chi connectivity index (χ1v) is 4.44. The Hall–Kier alpha value is -0.300. The fourth-order valence-electron chi connectivity index (χ4n) is 1.36. The van der Waals surface area contributed by atoms with E-state index in [1.807, 2.05) is 6.92 Å². The van der Waals surface area contributed by atoms with E-state index in [0.29, 0.717) is 5.92 Å². The second-order valence-electron chi connectivity index (χ2n) is 3.31. The molecule has 0 amide bonds. The van der Waals surface area contributed by atoms with Gasteiger partial charge < -0.3 is 5.11 Å². The summed E-state index contributed by atoms with van der Waals surface area (Å²) in [5.74, 6) is 0.451. The molecule has 66 valence electrons. The van der Waals surface area contributed by atoms with Crippen LogP contribution in [0.15, 0.2) is 12.2 Å². The second kappa shape index (κ2) is 5.36. The van der Waals surface area contributed by atoms with Crippen molar-refractivity contribution in [3.05, 3.63) is 12.2 Å². The van der Waals surface area contributed by atoms with Crippen molar-refractivity contribution in [3.63, 3.8) is 0 Å². The van der Waals surface area contributed by atoms with Gasteiger partial charge in [-0.05, 0) is 19.3 Å². The first-order valence-electron chi connectivity index (χ1n) is 4.44. The van der Waals surface area contributed by atoms with Gasteiger partial charge in [0.25, 0.3) is 0 Å². The van der Waals surface area contributed by atoms with Crippen LogP contribution in [0.5, 0.6) is 0 Å². The zero-order valence-electron chi connectivity index (χ0n) is 7.93. The highest BCUT2D eigenvalue weighted by atomic mass is 16.3. The molecule has 1 heteroatoms. The van der Waals surface area contributed by atoms with E-state index in [9.17, 15) is 5.11 Å². The largest absolute Gasteiger partial charge is 0.393 e. The predicted molar refractivity (Wildman–Crippen MR) is 49.5 cm³/mol. The van der Waals surface area contributed by atoms with Crippen LogP contribution in [0.25, 0.3) is 0 Å². The number of hydrogen-bond acceptors (Lipinski definition) is 1. The topological polar surface area (TPSA) is 20.2 Å². The minimum absolute atomic E-state index is 0.178. The summed E-state index contributed by atoms with van der Waals surface area (Å²) in [5.41, 5.74) is 1.07. The predicted octanol–water partition coefficient (Wildman–Crippen LogP) is 2.75. The van der Waals surface area contributed by atoms with Gasteiger partial charge in [-0.2, -0.15) is 0 Å². The Bertz CT molecular complexity index is 114. The molecule has 1 atom stereocenters. The first-order chi connectivity index (χ1) is 5.11. The molecule has 0 aromatic heterocycles. The lowest BCUT2D eigenvalue weighted by atomic mass is 9.92. The maximum Gasteiger partial charge on any atom is 0.0605 e. The maximum absolute atomic E-state index is 9.62. The molecule has 0 bridgehead atoms. The quantitative estimate of drug-likeness (QED) is 0.607. The van der Waals surface area contributed by atoms with Gasteiger partial charge in [0.1, 0.15) is 0 Å². The highest BCUT2D eigenvalue weighted by molar-refractivity contribution is 4.91. The summed E-state index contributed by atoms with van der Waals surface area (Å²) in [7, 11) is 0. The number of aliphatic hydroxyl groups excluding tert-OH is 1. The van der Waals surface area contributed by atoms with Crippen LogP contribution in [0.3, 0.4) is 0 Å². The van der Waals surface area contributed by atoms with Crippen molar-refractivity contribution in [3.8, 4) is 0 Å². The Morgan fingerprint density at radius 2 is 1.82 bits per heavy atom. The molecule has 0 aliphatic heterocycles. The molecular weight excluding hydrogens is 136 g/mol. The van der Waals surface area contributed by atoms with Crippen molar-refractivity contribution in [1.82, 2.24) is 0 Å². The van der Waals surface area contributed by atoms with Crippen LogP contribution in [0, 0.1) is 5.92 Å². The molecule has 0 spiro atoms. The Morgan fingerprint density at radius 3 is 2.09 bits per heavy atom. The van der Waals surface area contributed by atoms with Crippen molar-refractivity contribution in [2.75, 3.05) is 0 Å². The molecule has 0 radical (unpaired) electrons. The molecule has 1 N–H and O–H groups in total. The van der Waals surface area contributed by atoms with Crippen molar-refractivity contribution in [2.24, 2.45) is 5.92 Å². The van der Waals surface area contributed by atoms with E-state index in [0.717, 1.165) is 24.8 Å². The number of rotatable bonds is 5. The van der Waals surface area contributed by atoms with Gasteiger partial charge in [0, 0.05) is 0 Å². The van der Waals surface area contributed by atoms with E-state index in [1.165, 1.54) is 0 Å². The van der Waals surface area contributed by atoms with Gasteiger partial charge in [0.2, 0.25) is 0 Å². The summed E-state index contributed by atoms with van der Waals surface area (Å²) in [4.78, 5) is 0. The zero-order valence-corrected chi connectivity index (χ0v) is 7.93. The molecule has 1 unspecified atom stereocenters. The molecule has 0 heterocycles. The Labute approximate surface area is 70.1 Å².